The van der Waals surface area contributed by atoms with Crippen molar-refractivity contribution in [2.24, 2.45) is 4.99 Å². The normalized spacial score (nSPS) is 20.1. The minimum absolute atomic E-state index is 0.259. The number of nitrogens with one attached hydrogen (secondary N) is 2. The van der Waals surface area contributed by atoms with Gasteiger partial charge in [0, 0.05) is 18.2 Å². The first kappa shape index (κ1) is 19.1. The van der Waals surface area contributed by atoms with Crippen molar-refractivity contribution in [2.75, 3.05) is 25.2 Å². The number of urea groups is 1. The summed E-state index contributed by atoms with van der Waals surface area (Å²) in [4.78, 5) is 31.4. The molecule has 1 fully saturated rings. The summed E-state index contributed by atoms with van der Waals surface area (Å²) < 4.78 is 19.7. The minimum atomic E-state index is -1.20. The van der Waals surface area contributed by atoms with Crippen LogP contribution in [0.1, 0.15) is 18.1 Å². The number of likely N-dealkylation sites (N-methyl/N-ethyl adjacent to an activating group) is 1. The number of anilines is 1. The van der Waals surface area contributed by atoms with Crippen molar-refractivity contribution in [1.82, 2.24) is 10.6 Å². The lowest BCUT2D eigenvalue weighted by Crippen LogP contribution is -2.63. The molecule has 0 spiro atoms. The molecule has 7 nitrogen and oxygen atoms in total. The Labute approximate surface area is 167 Å². The SMILES string of the molecule is CN1C(=O)C(NC(=O)NC2(C)COC2)N=C(c2ccccc2F)c2ccccc21. The van der Waals surface area contributed by atoms with Crippen LogP contribution >= 0.6 is 0 Å². The number of hydrogen-bond donors (Lipinski definition) is 2. The second-order valence-electron chi connectivity index (χ2n) is 7.43. The van der Waals surface area contributed by atoms with Gasteiger partial charge in [0.05, 0.1) is 30.2 Å². The Hall–Kier alpha value is -3.26. The van der Waals surface area contributed by atoms with Gasteiger partial charge in [-0.2, -0.15) is 0 Å². The Morgan fingerprint density at radius 2 is 1.83 bits per heavy atom. The summed E-state index contributed by atoms with van der Waals surface area (Å²) in [6.07, 6.45) is -1.20. The zero-order valence-corrected chi connectivity index (χ0v) is 16.1. The van der Waals surface area contributed by atoms with Crippen molar-refractivity contribution in [3.05, 3.63) is 65.5 Å². The predicted octanol–water partition coefficient (Wildman–Crippen LogP) is 2.05. The number of aliphatic imine (C=N–C) groups is 1. The van der Waals surface area contributed by atoms with E-state index in [-0.39, 0.29) is 5.56 Å². The van der Waals surface area contributed by atoms with Gasteiger partial charge >= 0.3 is 6.03 Å². The van der Waals surface area contributed by atoms with Crippen molar-refractivity contribution in [3.8, 4) is 0 Å². The number of carbonyl (C=O) groups is 2. The summed E-state index contributed by atoms with van der Waals surface area (Å²) in [6.45, 7) is 2.64. The Kier molecular flexibility index (Phi) is 4.79. The number of ether oxygens (including phenoxy) is 1. The molecule has 1 saturated heterocycles. The number of rotatable bonds is 3. The molecule has 0 radical (unpaired) electrons. The first-order valence-electron chi connectivity index (χ1n) is 9.24. The molecule has 8 heteroatoms. The highest BCUT2D eigenvalue weighted by molar-refractivity contribution is 6.20. The third-order valence-electron chi connectivity index (χ3n) is 5.00. The molecule has 2 aromatic carbocycles. The molecular weight excluding hydrogens is 375 g/mol. The van der Waals surface area contributed by atoms with E-state index in [1.54, 1.807) is 49.5 Å². The highest BCUT2D eigenvalue weighted by Gasteiger charge is 2.37. The van der Waals surface area contributed by atoms with E-state index in [9.17, 15) is 14.0 Å². The maximum Gasteiger partial charge on any atom is 0.317 e. The Morgan fingerprint density at radius 1 is 1.17 bits per heavy atom. The van der Waals surface area contributed by atoms with Crippen LogP contribution in [0.25, 0.3) is 0 Å². The largest absolute Gasteiger partial charge is 0.376 e. The average molecular weight is 396 g/mol. The molecule has 2 aliphatic heterocycles. The molecule has 2 N–H and O–H groups in total. The van der Waals surface area contributed by atoms with Crippen molar-refractivity contribution in [2.45, 2.75) is 18.6 Å². The van der Waals surface area contributed by atoms with E-state index in [1.165, 1.54) is 11.0 Å². The number of amides is 3. The second-order valence-corrected chi connectivity index (χ2v) is 7.43. The van der Waals surface area contributed by atoms with E-state index < -0.39 is 29.5 Å². The van der Waals surface area contributed by atoms with Gasteiger partial charge in [-0.25, -0.2) is 14.2 Å². The van der Waals surface area contributed by atoms with Crippen molar-refractivity contribution >= 4 is 23.3 Å². The van der Waals surface area contributed by atoms with E-state index in [1.807, 2.05) is 6.92 Å². The fraction of sp³-hybridized carbons (Fsp3) is 0.286. The number of para-hydroxylation sites is 1. The summed E-state index contributed by atoms with van der Waals surface area (Å²) in [5, 5.41) is 5.40. The lowest BCUT2D eigenvalue weighted by Gasteiger charge is -2.38. The number of nitrogens with zero attached hydrogens (tertiary/aromatic N) is 2. The van der Waals surface area contributed by atoms with E-state index >= 15 is 0 Å². The Balaban J connectivity index is 1.74. The minimum Gasteiger partial charge on any atom is -0.376 e. The maximum absolute atomic E-state index is 14.6. The number of fused-ring (bicyclic) bond motifs is 1. The monoisotopic (exact) mass is 396 g/mol. The molecule has 4 rings (SSSR count). The molecule has 0 bridgehead atoms. The van der Waals surface area contributed by atoms with Gasteiger partial charge in [-0.3, -0.25) is 4.79 Å². The number of benzene rings is 2. The summed E-state index contributed by atoms with van der Waals surface area (Å²) in [7, 11) is 1.61. The molecular formula is C21H21FN4O3. The molecule has 2 aromatic rings. The van der Waals surface area contributed by atoms with Crippen LogP contribution in [0.2, 0.25) is 0 Å². The van der Waals surface area contributed by atoms with E-state index in [2.05, 4.69) is 15.6 Å². The van der Waals surface area contributed by atoms with Gasteiger partial charge in [-0.15, -0.1) is 0 Å². The molecule has 2 heterocycles. The quantitative estimate of drug-likeness (QED) is 0.833. The molecule has 0 aliphatic carbocycles. The van der Waals surface area contributed by atoms with Crippen molar-refractivity contribution < 1.29 is 18.7 Å². The van der Waals surface area contributed by atoms with Crippen LogP contribution in [-0.2, 0) is 9.53 Å². The van der Waals surface area contributed by atoms with Gasteiger partial charge < -0.3 is 20.3 Å². The molecule has 0 aromatic heterocycles. The fourth-order valence-corrected chi connectivity index (χ4v) is 3.40. The van der Waals surface area contributed by atoms with Crippen LogP contribution in [0.4, 0.5) is 14.9 Å². The summed E-state index contributed by atoms with van der Waals surface area (Å²) in [6, 6.07) is 12.8. The molecule has 29 heavy (non-hydrogen) atoms. The van der Waals surface area contributed by atoms with Gasteiger partial charge in [-0.1, -0.05) is 30.3 Å². The highest BCUT2D eigenvalue weighted by atomic mass is 19.1. The number of benzodiazepines with no additional fused rings is 1. The third-order valence-corrected chi connectivity index (χ3v) is 5.00. The number of halogens is 1. The fourth-order valence-electron chi connectivity index (χ4n) is 3.40. The van der Waals surface area contributed by atoms with Gasteiger partial charge in [0.1, 0.15) is 5.82 Å². The highest BCUT2D eigenvalue weighted by Crippen LogP contribution is 2.28. The first-order valence-corrected chi connectivity index (χ1v) is 9.24. The smallest absolute Gasteiger partial charge is 0.317 e. The molecule has 150 valence electrons. The zero-order chi connectivity index (χ0) is 20.6. The average Bonchev–Trinajstić information content (AvgIpc) is 2.78. The van der Waals surface area contributed by atoms with Crippen LogP contribution in [0, 0.1) is 5.82 Å². The Morgan fingerprint density at radius 3 is 2.48 bits per heavy atom. The van der Waals surface area contributed by atoms with Crippen LogP contribution < -0.4 is 15.5 Å². The van der Waals surface area contributed by atoms with Gasteiger partial charge in [-0.05, 0) is 25.1 Å². The van der Waals surface area contributed by atoms with E-state index in [0.29, 0.717) is 30.2 Å². The third kappa shape index (κ3) is 3.58. The molecule has 1 unspecified atom stereocenters. The predicted molar refractivity (Wildman–Crippen MR) is 107 cm³/mol. The summed E-state index contributed by atoms with van der Waals surface area (Å²) >= 11 is 0. The second kappa shape index (κ2) is 7.29. The number of hydrogen-bond acceptors (Lipinski definition) is 4. The van der Waals surface area contributed by atoms with E-state index in [4.69, 9.17) is 4.74 Å². The van der Waals surface area contributed by atoms with Crippen LogP contribution in [-0.4, -0.2) is 49.6 Å². The maximum atomic E-state index is 14.6. The molecule has 3 amide bonds. The summed E-state index contributed by atoms with van der Waals surface area (Å²) in [5.41, 5.74) is 1.28. The van der Waals surface area contributed by atoms with Gasteiger partial charge in [0.15, 0.2) is 0 Å². The number of carbonyl (C=O) groups excluding carboxylic acids is 2. The molecule has 2 aliphatic rings. The van der Waals surface area contributed by atoms with Crippen molar-refractivity contribution in [3.63, 3.8) is 0 Å². The lowest BCUT2D eigenvalue weighted by atomic mass is 10.00. The van der Waals surface area contributed by atoms with Crippen LogP contribution in [0.3, 0.4) is 0 Å². The Bertz CT molecular complexity index is 1000. The summed E-state index contributed by atoms with van der Waals surface area (Å²) in [5.74, 6) is -0.880. The van der Waals surface area contributed by atoms with Crippen LogP contribution in [0.15, 0.2) is 53.5 Å². The zero-order valence-electron chi connectivity index (χ0n) is 16.1. The van der Waals surface area contributed by atoms with Gasteiger partial charge in [0.25, 0.3) is 5.91 Å². The standard InChI is InChI=1S/C21H21FN4O3/c1-21(11-29-12-21)25-20(28)24-18-19(27)26(2)16-10-6-4-8-14(16)17(23-18)13-7-3-5-9-15(13)22/h3-10,18H,11-12H2,1-2H3,(H2,24,25,28). The lowest BCUT2D eigenvalue weighted by molar-refractivity contribution is -0.119. The molecule has 1 atom stereocenters. The van der Waals surface area contributed by atoms with Crippen molar-refractivity contribution in [1.29, 1.82) is 0 Å². The topological polar surface area (TPSA) is 83.0 Å². The van der Waals surface area contributed by atoms with Gasteiger partial charge in [0.2, 0.25) is 6.17 Å². The van der Waals surface area contributed by atoms with Crippen LogP contribution in [0.5, 0.6) is 0 Å². The first-order chi connectivity index (χ1) is 13.9. The van der Waals surface area contributed by atoms with E-state index in [0.717, 1.165) is 0 Å². The molecule has 0 saturated carbocycles.